The molecule has 40 heavy (non-hydrogen) atoms. The molecule has 0 saturated carbocycles. The minimum Gasteiger partial charge on any atom is -0.493 e. The molecule has 3 aromatic carbocycles. The van der Waals surface area contributed by atoms with Crippen LogP contribution in [0.25, 0.3) is 6.08 Å². The Morgan fingerprint density at radius 2 is 1.65 bits per heavy atom. The number of carbonyl (C=O) groups is 3. The van der Waals surface area contributed by atoms with Crippen molar-refractivity contribution in [3.63, 3.8) is 0 Å². The number of hydrogen-bond acceptors (Lipinski definition) is 8. The van der Waals surface area contributed by atoms with Gasteiger partial charge >= 0.3 is 11.9 Å². The summed E-state index contributed by atoms with van der Waals surface area (Å²) in [6.45, 7) is 0.0777. The summed E-state index contributed by atoms with van der Waals surface area (Å²) in [4.78, 5) is 36.0. The molecule has 10 nitrogen and oxygen atoms in total. The zero-order valence-corrected chi connectivity index (χ0v) is 22.8. The molecule has 1 amide bonds. The van der Waals surface area contributed by atoms with Crippen molar-refractivity contribution < 1.29 is 38.4 Å². The monoisotopic (exact) mass is 570 g/mol. The predicted molar refractivity (Wildman–Crippen MR) is 152 cm³/mol. The average molecular weight is 571 g/mol. The minimum atomic E-state index is -1.07. The van der Waals surface area contributed by atoms with Gasteiger partial charge in [0.05, 0.1) is 25.5 Å². The van der Waals surface area contributed by atoms with E-state index in [9.17, 15) is 14.4 Å². The van der Waals surface area contributed by atoms with Gasteiger partial charge in [0, 0.05) is 6.08 Å². The molecule has 1 atom stereocenters. The molecule has 11 heteroatoms. The quantitative estimate of drug-likeness (QED) is 0.158. The van der Waals surface area contributed by atoms with Crippen LogP contribution in [0, 0.1) is 0 Å². The van der Waals surface area contributed by atoms with Crippen molar-refractivity contribution in [2.45, 2.75) is 12.5 Å². The lowest BCUT2D eigenvalue weighted by molar-refractivity contribution is -0.138. The van der Waals surface area contributed by atoms with Crippen molar-refractivity contribution in [2.75, 3.05) is 32.8 Å². The highest BCUT2D eigenvalue weighted by molar-refractivity contribution is 6.06. The second-order valence-corrected chi connectivity index (χ2v) is 8.26. The molecule has 3 aromatic rings. The molecule has 0 aliphatic heterocycles. The number of ether oxygens (including phenoxy) is 4. The van der Waals surface area contributed by atoms with Crippen molar-refractivity contribution in [1.82, 2.24) is 0 Å². The first kappa shape index (κ1) is 31.7. The van der Waals surface area contributed by atoms with Crippen molar-refractivity contribution in [1.29, 1.82) is 0 Å². The number of benzene rings is 3. The average Bonchev–Trinajstić information content (AvgIpc) is 2.95. The third kappa shape index (κ3) is 9.33. The SMILES string of the molecule is COc1ccc(C=CC(=O)Nc2ccccc2C(=O)OCCOc2ccc(C[C@H](N)C(=O)O)cc2)cc1OC.Cl. The van der Waals surface area contributed by atoms with E-state index in [1.54, 1.807) is 79.9 Å². The lowest BCUT2D eigenvalue weighted by Crippen LogP contribution is -2.32. The van der Waals surface area contributed by atoms with E-state index in [4.69, 9.17) is 29.8 Å². The number of hydrogen-bond donors (Lipinski definition) is 3. The number of carbonyl (C=O) groups excluding carboxylic acids is 2. The van der Waals surface area contributed by atoms with Crippen LogP contribution in [-0.2, 0) is 20.7 Å². The van der Waals surface area contributed by atoms with Crippen molar-refractivity contribution >= 4 is 42.0 Å². The molecule has 0 spiro atoms. The fourth-order valence-corrected chi connectivity index (χ4v) is 3.51. The second-order valence-electron chi connectivity index (χ2n) is 8.26. The fraction of sp³-hybridized carbons (Fsp3) is 0.207. The molecule has 0 radical (unpaired) electrons. The Bertz CT molecular complexity index is 1330. The van der Waals surface area contributed by atoms with Gasteiger partial charge in [-0.15, -0.1) is 12.4 Å². The normalized spacial score (nSPS) is 11.2. The summed E-state index contributed by atoms with van der Waals surface area (Å²) in [5, 5.41) is 11.6. The van der Waals surface area contributed by atoms with Crippen molar-refractivity contribution in [3.8, 4) is 17.2 Å². The maximum atomic E-state index is 12.6. The van der Waals surface area contributed by atoms with Crippen molar-refractivity contribution in [2.24, 2.45) is 5.73 Å². The molecule has 4 N–H and O–H groups in total. The molecule has 0 unspecified atom stereocenters. The Kier molecular flexibility index (Phi) is 12.5. The highest BCUT2D eigenvalue weighted by Gasteiger charge is 2.14. The highest BCUT2D eigenvalue weighted by Crippen LogP contribution is 2.28. The van der Waals surface area contributed by atoms with Gasteiger partial charge < -0.3 is 35.1 Å². The third-order valence-electron chi connectivity index (χ3n) is 5.52. The lowest BCUT2D eigenvalue weighted by atomic mass is 10.1. The number of para-hydroxylation sites is 1. The zero-order chi connectivity index (χ0) is 28.2. The molecule has 0 aliphatic carbocycles. The Balaban J connectivity index is 0.00000560. The van der Waals surface area contributed by atoms with E-state index >= 15 is 0 Å². The molecular weight excluding hydrogens is 540 g/mol. The van der Waals surface area contributed by atoms with Gasteiger partial charge in [-0.05, 0) is 60.0 Å². The molecule has 212 valence electrons. The van der Waals surface area contributed by atoms with Gasteiger partial charge in [0.25, 0.3) is 0 Å². The van der Waals surface area contributed by atoms with Gasteiger partial charge in [-0.25, -0.2) is 4.79 Å². The van der Waals surface area contributed by atoms with Gasteiger partial charge in [0.2, 0.25) is 5.91 Å². The van der Waals surface area contributed by atoms with Gasteiger partial charge in [0.15, 0.2) is 11.5 Å². The van der Waals surface area contributed by atoms with Gasteiger partial charge in [-0.2, -0.15) is 0 Å². The van der Waals surface area contributed by atoms with E-state index in [1.165, 1.54) is 13.2 Å². The summed E-state index contributed by atoms with van der Waals surface area (Å²) in [6.07, 6.45) is 3.16. The molecule has 3 rings (SSSR count). The van der Waals surface area contributed by atoms with E-state index in [1.807, 2.05) is 0 Å². The topological polar surface area (TPSA) is 146 Å². The fourth-order valence-electron chi connectivity index (χ4n) is 3.51. The molecule has 0 fully saturated rings. The molecule has 0 aromatic heterocycles. The molecule has 0 bridgehead atoms. The maximum Gasteiger partial charge on any atom is 0.340 e. The van der Waals surface area contributed by atoms with E-state index in [0.29, 0.717) is 22.9 Å². The number of aliphatic carboxylic acids is 1. The first-order chi connectivity index (χ1) is 18.8. The summed E-state index contributed by atoms with van der Waals surface area (Å²) in [5.74, 6) is -0.461. The Morgan fingerprint density at radius 1 is 0.950 bits per heavy atom. The molecular formula is C29H31ClN2O8. The number of nitrogens with one attached hydrogen (secondary N) is 1. The van der Waals surface area contributed by atoms with E-state index in [2.05, 4.69) is 5.32 Å². The Morgan fingerprint density at radius 3 is 2.33 bits per heavy atom. The van der Waals surface area contributed by atoms with Gasteiger partial charge in [0.1, 0.15) is 25.0 Å². The number of nitrogens with two attached hydrogens (primary N) is 1. The zero-order valence-electron chi connectivity index (χ0n) is 22.0. The van der Waals surface area contributed by atoms with Gasteiger partial charge in [-0.3, -0.25) is 9.59 Å². The molecule has 0 aliphatic rings. The first-order valence-electron chi connectivity index (χ1n) is 12.0. The third-order valence-corrected chi connectivity index (χ3v) is 5.52. The summed E-state index contributed by atoms with van der Waals surface area (Å²) >= 11 is 0. The predicted octanol–water partition coefficient (Wildman–Crippen LogP) is 3.97. The van der Waals surface area contributed by atoms with Gasteiger partial charge in [-0.1, -0.05) is 30.3 Å². The van der Waals surface area contributed by atoms with Crippen LogP contribution in [0.5, 0.6) is 17.2 Å². The number of rotatable bonds is 13. The van der Waals surface area contributed by atoms with Crippen LogP contribution in [-0.4, -0.2) is 56.4 Å². The highest BCUT2D eigenvalue weighted by atomic mass is 35.5. The maximum absolute atomic E-state index is 12.6. The van der Waals surface area contributed by atoms with E-state index in [-0.39, 0.29) is 37.6 Å². The largest absolute Gasteiger partial charge is 0.493 e. The Hall–Kier alpha value is -4.54. The van der Waals surface area contributed by atoms with E-state index < -0.39 is 23.9 Å². The summed E-state index contributed by atoms with van der Waals surface area (Å²) < 4.78 is 21.4. The molecule has 0 heterocycles. The smallest absolute Gasteiger partial charge is 0.340 e. The van der Waals surface area contributed by atoms with Crippen molar-refractivity contribution in [3.05, 3.63) is 89.5 Å². The number of esters is 1. The summed E-state index contributed by atoms with van der Waals surface area (Å²) in [5.41, 5.74) is 7.54. The number of anilines is 1. The minimum absolute atomic E-state index is 0. The number of amides is 1. The lowest BCUT2D eigenvalue weighted by Gasteiger charge is -2.11. The second kappa shape index (κ2) is 15.8. The van der Waals surface area contributed by atoms with Crippen LogP contribution in [0.3, 0.4) is 0 Å². The summed E-state index contributed by atoms with van der Waals surface area (Å²) in [7, 11) is 3.07. The molecule has 0 saturated heterocycles. The number of methoxy groups -OCH3 is 2. The Labute approximate surface area is 238 Å². The standard InChI is InChI=1S/C29H30N2O8.ClH/c1-36-25-13-9-20(18-26(25)37-2)10-14-27(32)31-24-6-4-3-5-22(24)29(35)39-16-15-38-21-11-7-19(8-12-21)17-23(30)28(33)34;/h3-14,18,23H,15-17,30H2,1-2H3,(H,31,32)(H,33,34);1H/t23-;/m0./s1. The van der Waals surface area contributed by atoms with Crippen LogP contribution in [0.4, 0.5) is 5.69 Å². The van der Waals surface area contributed by atoms with Crippen LogP contribution in [0.1, 0.15) is 21.5 Å². The summed E-state index contributed by atoms with van der Waals surface area (Å²) in [6, 6.07) is 17.6. The van der Waals surface area contributed by atoms with Crippen LogP contribution >= 0.6 is 12.4 Å². The van der Waals surface area contributed by atoms with Crippen LogP contribution in [0.2, 0.25) is 0 Å². The van der Waals surface area contributed by atoms with E-state index in [0.717, 1.165) is 11.1 Å². The first-order valence-corrected chi connectivity index (χ1v) is 12.0. The van der Waals surface area contributed by atoms with Crippen LogP contribution < -0.4 is 25.3 Å². The van der Waals surface area contributed by atoms with Crippen LogP contribution in [0.15, 0.2) is 72.8 Å². The number of carboxylic acids is 1. The number of carboxylic acid groups (broad SMARTS) is 1. The number of halogens is 1.